The van der Waals surface area contributed by atoms with E-state index in [4.69, 9.17) is 22.4 Å². The Morgan fingerprint density at radius 2 is 0.710 bits per heavy atom. The fourth-order valence-corrected chi connectivity index (χ4v) is 13.9. The van der Waals surface area contributed by atoms with Crippen LogP contribution >= 0.6 is 0 Å². The number of imide groups is 3. The predicted octanol–water partition coefficient (Wildman–Crippen LogP) is 5.98. The summed E-state index contributed by atoms with van der Waals surface area (Å²) in [5.74, 6) is -3.25. The molecule has 9 aliphatic rings. The summed E-state index contributed by atoms with van der Waals surface area (Å²) in [6.07, 6.45) is 1.40. The number of piperidine rings is 3. The van der Waals surface area contributed by atoms with Gasteiger partial charge in [-0.1, -0.05) is 84.9 Å². The van der Waals surface area contributed by atoms with Crippen molar-refractivity contribution in [2.24, 2.45) is 0 Å². The van der Waals surface area contributed by atoms with Gasteiger partial charge >= 0.3 is 0 Å². The number of hydrogen-bond donors (Lipinski definition) is 6. The second-order valence-electron chi connectivity index (χ2n) is 26.2. The molecule has 0 saturated carbocycles. The summed E-state index contributed by atoms with van der Waals surface area (Å²) in [6.45, 7) is 8.89. The van der Waals surface area contributed by atoms with Gasteiger partial charge in [-0.2, -0.15) is 0 Å². The van der Waals surface area contributed by atoms with Crippen molar-refractivity contribution in [2.45, 2.75) is 122 Å². The molecule has 0 spiro atoms. The van der Waals surface area contributed by atoms with E-state index in [0.717, 1.165) is 121 Å². The number of carbonyl (C=O) groups excluding carboxylic acids is 9. The smallest absolute Gasteiger partial charge is 0.255 e. The van der Waals surface area contributed by atoms with Gasteiger partial charge in [-0.3, -0.25) is 73.8 Å². The number of nitrogens with zero attached hydrogens (tertiary/aromatic N) is 6. The zero-order valence-corrected chi connectivity index (χ0v) is 55.8. The van der Waals surface area contributed by atoms with Crippen LogP contribution in [0.15, 0.2) is 121 Å². The van der Waals surface area contributed by atoms with Crippen molar-refractivity contribution in [1.29, 1.82) is 0 Å². The summed E-state index contributed by atoms with van der Waals surface area (Å²) in [5.41, 5.74) is 10.5. The van der Waals surface area contributed by atoms with E-state index in [9.17, 15) is 43.2 Å². The van der Waals surface area contributed by atoms with Gasteiger partial charge in [0.15, 0.2) is 0 Å². The first-order valence-corrected chi connectivity index (χ1v) is 34.2. The minimum atomic E-state index is -1.89. The van der Waals surface area contributed by atoms with E-state index in [1.54, 1.807) is 78.9 Å². The predicted molar refractivity (Wildman–Crippen MR) is 372 cm³/mol. The van der Waals surface area contributed by atoms with Gasteiger partial charge in [0.1, 0.15) is 18.1 Å². The van der Waals surface area contributed by atoms with Crippen LogP contribution in [0.25, 0.3) is 0 Å². The molecule has 15 rings (SSSR count). The zero-order chi connectivity index (χ0) is 74.6. The van der Waals surface area contributed by atoms with Gasteiger partial charge in [-0.25, -0.2) is 0 Å². The molecule has 24 nitrogen and oxygen atoms in total. The van der Waals surface area contributed by atoms with Gasteiger partial charge in [0.2, 0.25) is 35.4 Å². The number of ether oxygens (including phenoxy) is 3. The first-order valence-electron chi connectivity index (χ1n) is 37.2. The molecule has 9 aliphatic heterocycles. The highest BCUT2D eigenvalue weighted by molar-refractivity contribution is 6.08. The van der Waals surface area contributed by atoms with E-state index >= 15 is 0 Å². The Morgan fingerprint density at radius 1 is 0.400 bits per heavy atom. The standard InChI is InChI=1S/C26H30N4O4.2C25H28N4O4/c1-17-13-18(15-29-9-11-34-12-10-29)5-6-19(17)14-27-22-4-2-3-20-21(22)16-30(26(20)33)23-7-8-24(31)28-25(23)32;2*30-23-9-8-22(24(31)27-23)29-16-20-19(25(29)32)2-1-3-21(20)26-14-17-4-6-18(7-5-17)15-28-10-12-33-13-11-28/h2-6,13,23,27H,7-12,14-16H2,1H3,(H,28,31,32);2*1-7,22,26H,8-16H2,(H,27,30,31)/t23-;22-;/m01./s1/i3*14D2. The lowest BCUT2D eigenvalue weighted by Gasteiger charge is -2.29. The molecule has 6 fully saturated rings. The first-order chi connectivity index (χ1) is 50.9. The van der Waals surface area contributed by atoms with Gasteiger partial charge in [-0.05, 0) is 102 Å². The number of amides is 9. The Bertz CT molecular complexity index is 4200. The third-order valence-corrected chi connectivity index (χ3v) is 19.5. The van der Waals surface area contributed by atoms with Gasteiger partial charge in [0, 0.05) is 168 Å². The Labute approximate surface area is 589 Å². The van der Waals surface area contributed by atoms with Crippen LogP contribution in [0.5, 0.6) is 0 Å². The van der Waals surface area contributed by atoms with Crippen molar-refractivity contribution in [1.82, 2.24) is 45.3 Å². The Balaban J connectivity index is 0.000000141. The molecule has 3 atom stereocenters. The van der Waals surface area contributed by atoms with E-state index in [2.05, 4.69) is 46.6 Å². The van der Waals surface area contributed by atoms with Gasteiger partial charge in [0.05, 0.1) is 47.9 Å². The summed E-state index contributed by atoms with van der Waals surface area (Å²) in [4.78, 5) is 122. The number of carbonyl (C=O) groups is 9. The van der Waals surface area contributed by atoms with Gasteiger partial charge in [-0.15, -0.1) is 0 Å². The quantitative estimate of drug-likeness (QED) is 0.0540. The fraction of sp³-hybridized carbons (Fsp3) is 0.408. The van der Waals surface area contributed by atoms with Gasteiger partial charge < -0.3 is 44.9 Å². The second kappa shape index (κ2) is 31.7. The Hall–Kier alpha value is -9.69. The van der Waals surface area contributed by atoms with Crippen LogP contribution in [0.4, 0.5) is 17.1 Å². The maximum Gasteiger partial charge on any atom is 0.255 e. The van der Waals surface area contributed by atoms with Crippen LogP contribution in [-0.2, 0) is 102 Å². The van der Waals surface area contributed by atoms with Crippen molar-refractivity contribution in [3.05, 3.63) is 194 Å². The third-order valence-electron chi connectivity index (χ3n) is 19.5. The van der Waals surface area contributed by atoms with E-state index < -0.39 is 55.3 Å². The number of nitrogens with one attached hydrogen (secondary N) is 6. The topological polar surface area (TPSA) is 273 Å². The zero-order valence-electron chi connectivity index (χ0n) is 61.8. The number of anilines is 3. The lowest BCUT2D eigenvalue weighted by atomic mass is 10.0. The van der Waals surface area contributed by atoms with Crippen molar-refractivity contribution in [3.63, 3.8) is 0 Å². The third kappa shape index (κ3) is 16.3. The Morgan fingerprint density at radius 3 is 1.04 bits per heavy atom. The van der Waals surface area contributed by atoms with E-state index in [1.807, 2.05) is 49.4 Å². The van der Waals surface area contributed by atoms with Crippen LogP contribution in [0.2, 0.25) is 0 Å². The molecular formula is C76H86N12O12. The first kappa shape index (κ1) is 61.4. The molecule has 0 radical (unpaired) electrons. The molecule has 24 heteroatoms. The van der Waals surface area contributed by atoms with Crippen molar-refractivity contribution >= 4 is 70.2 Å². The summed E-state index contributed by atoms with van der Waals surface area (Å²) < 4.78 is 68.5. The number of fused-ring (bicyclic) bond motifs is 3. The van der Waals surface area contributed by atoms with Gasteiger partial charge in [0.25, 0.3) is 17.7 Å². The van der Waals surface area contributed by atoms with E-state index in [1.165, 1.54) is 14.7 Å². The van der Waals surface area contributed by atoms with Crippen molar-refractivity contribution in [2.75, 3.05) is 94.9 Å². The Kier molecular flexibility index (Phi) is 19.4. The molecule has 9 amide bonds. The average molecular weight is 1370 g/mol. The fourth-order valence-electron chi connectivity index (χ4n) is 13.9. The summed E-state index contributed by atoms with van der Waals surface area (Å²) in [7, 11) is 0. The summed E-state index contributed by atoms with van der Waals surface area (Å²) in [5, 5.41) is 15.9. The lowest BCUT2D eigenvalue weighted by molar-refractivity contribution is -0.138. The van der Waals surface area contributed by atoms with E-state index in [-0.39, 0.29) is 93.6 Å². The summed E-state index contributed by atoms with van der Waals surface area (Å²) >= 11 is 0. The number of benzene rings is 6. The molecule has 6 saturated heterocycles. The molecule has 0 aliphatic carbocycles. The highest BCUT2D eigenvalue weighted by Gasteiger charge is 2.43. The minimum Gasteiger partial charge on any atom is -0.381 e. The van der Waals surface area contributed by atoms with Crippen LogP contribution in [0, 0.1) is 6.92 Å². The number of aryl methyl sites for hydroxylation is 1. The van der Waals surface area contributed by atoms with Crippen molar-refractivity contribution < 1.29 is 65.6 Å². The maximum absolute atomic E-state index is 13.1. The monoisotopic (exact) mass is 1360 g/mol. The molecule has 1 unspecified atom stereocenters. The lowest BCUT2D eigenvalue weighted by Crippen LogP contribution is -2.52. The number of hydrogen-bond acceptors (Lipinski definition) is 18. The largest absolute Gasteiger partial charge is 0.381 e. The molecule has 6 N–H and O–H groups in total. The highest BCUT2D eigenvalue weighted by atomic mass is 16.5. The normalized spacial score (nSPS) is 22.4. The molecule has 0 aromatic heterocycles. The van der Waals surface area contributed by atoms with Crippen LogP contribution in [-0.4, -0.2) is 180 Å². The van der Waals surface area contributed by atoms with Crippen LogP contribution in [0.1, 0.15) is 133 Å². The molecule has 0 bridgehead atoms. The van der Waals surface area contributed by atoms with Crippen LogP contribution < -0.4 is 31.9 Å². The molecule has 6 aromatic carbocycles. The second-order valence-corrected chi connectivity index (χ2v) is 26.2. The molecule has 100 heavy (non-hydrogen) atoms. The molecule has 9 heterocycles. The SMILES string of the molecule is [2H]C([2H])(Nc1cccc2c1CN(C1CCC(=O)NC1=O)C2=O)c1ccc(CN2CCOCC2)cc1.[2H]C([2H])(Nc1cccc2c1CN([C@@H]1CCC(=O)NC1=O)C2=O)c1ccc(CN2CCOCC2)cc1.[2H]C([2H])(Nc1cccc2c1CN([C@H]1CCC(=O)NC1=O)C2=O)c1ccc(CN2CCOCC2)cc1C. The number of rotatable bonds is 18. The molecule has 522 valence electrons. The molecule has 6 aromatic rings. The van der Waals surface area contributed by atoms with Crippen molar-refractivity contribution in [3.8, 4) is 0 Å². The highest BCUT2D eigenvalue weighted by Crippen LogP contribution is 2.36. The molecular weight excluding hydrogens is 1270 g/mol. The maximum atomic E-state index is 13.1. The van der Waals surface area contributed by atoms with Crippen LogP contribution in [0.3, 0.4) is 0 Å². The minimum absolute atomic E-state index is 0.178. The number of morpholine rings is 3. The average Bonchev–Trinajstić information content (AvgIpc) is 1.61. The summed E-state index contributed by atoms with van der Waals surface area (Å²) in [6, 6.07) is 34.0. The van der Waals surface area contributed by atoms with E-state index in [0.29, 0.717) is 67.1 Å².